The first-order valence-electron chi connectivity index (χ1n) is 5.91. The van der Waals surface area contributed by atoms with E-state index in [1.807, 2.05) is 6.92 Å². The van der Waals surface area contributed by atoms with Gasteiger partial charge in [-0.2, -0.15) is 0 Å². The molecule has 1 aromatic heterocycles. The molecule has 1 aliphatic carbocycles. The van der Waals surface area contributed by atoms with Gasteiger partial charge in [0.15, 0.2) is 0 Å². The molecular weight excluding hydrogens is 188 g/mol. The van der Waals surface area contributed by atoms with Gasteiger partial charge in [0.05, 0.1) is 6.04 Å². The van der Waals surface area contributed by atoms with Crippen LogP contribution >= 0.6 is 0 Å². The lowest BCUT2D eigenvalue weighted by Crippen LogP contribution is -2.19. The van der Waals surface area contributed by atoms with Crippen molar-refractivity contribution in [3.63, 3.8) is 0 Å². The lowest BCUT2D eigenvalue weighted by molar-refractivity contribution is 0.463. The smallest absolute Gasteiger partial charge is 0.150 e. The molecule has 0 radical (unpaired) electrons. The highest BCUT2D eigenvalue weighted by molar-refractivity contribution is 5.02. The molecule has 15 heavy (non-hydrogen) atoms. The van der Waals surface area contributed by atoms with Gasteiger partial charge < -0.3 is 10.3 Å². The monoisotopic (exact) mass is 208 g/mol. The fourth-order valence-corrected chi connectivity index (χ4v) is 2.43. The Hall–Kier alpha value is -0.900. The van der Waals surface area contributed by atoms with Gasteiger partial charge >= 0.3 is 0 Å². The quantitative estimate of drug-likeness (QED) is 0.827. The summed E-state index contributed by atoms with van der Waals surface area (Å²) in [6.45, 7) is 4.12. The van der Waals surface area contributed by atoms with Crippen LogP contribution in [0.5, 0.6) is 0 Å². The first kappa shape index (κ1) is 10.6. The lowest BCUT2D eigenvalue weighted by atomic mass is 10.2. The van der Waals surface area contributed by atoms with E-state index in [-0.39, 0.29) is 6.04 Å². The predicted octanol–water partition coefficient (Wildman–Crippen LogP) is 2.11. The van der Waals surface area contributed by atoms with Crippen LogP contribution in [0.2, 0.25) is 0 Å². The fraction of sp³-hybridized carbons (Fsp3) is 0.818. The van der Waals surface area contributed by atoms with Crippen molar-refractivity contribution in [3.05, 3.63) is 11.6 Å². The van der Waals surface area contributed by atoms with Crippen molar-refractivity contribution < 1.29 is 0 Å². The van der Waals surface area contributed by atoms with Gasteiger partial charge in [0.25, 0.3) is 0 Å². The van der Waals surface area contributed by atoms with Crippen molar-refractivity contribution in [2.45, 2.75) is 58.0 Å². The summed E-state index contributed by atoms with van der Waals surface area (Å²) in [6, 6.07) is 0.624. The summed E-state index contributed by atoms with van der Waals surface area (Å²) in [5.74, 6) is 1.99. The molecule has 1 fully saturated rings. The minimum absolute atomic E-state index is 0.0341. The normalized spacial score (nSPS) is 19.7. The number of aryl methyl sites for hydroxylation is 1. The van der Waals surface area contributed by atoms with E-state index >= 15 is 0 Å². The van der Waals surface area contributed by atoms with E-state index in [1.165, 1.54) is 25.7 Å². The second-order valence-corrected chi connectivity index (χ2v) is 4.43. The third kappa shape index (κ3) is 1.91. The molecule has 2 rings (SSSR count). The maximum atomic E-state index is 6.05. The van der Waals surface area contributed by atoms with Gasteiger partial charge in [-0.3, -0.25) is 0 Å². The third-order valence-corrected chi connectivity index (χ3v) is 3.35. The number of rotatable bonds is 3. The zero-order valence-corrected chi connectivity index (χ0v) is 9.61. The molecule has 1 aliphatic rings. The van der Waals surface area contributed by atoms with Crippen molar-refractivity contribution in [2.75, 3.05) is 0 Å². The van der Waals surface area contributed by atoms with Gasteiger partial charge in [-0.15, -0.1) is 10.2 Å². The largest absolute Gasteiger partial charge is 0.321 e. The maximum absolute atomic E-state index is 6.05. The van der Waals surface area contributed by atoms with E-state index < -0.39 is 0 Å². The maximum Gasteiger partial charge on any atom is 0.150 e. The second kappa shape index (κ2) is 4.31. The Labute approximate surface area is 90.9 Å². The first-order valence-corrected chi connectivity index (χ1v) is 5.91. The van der Waals surface area contributed by atoms with E-state index in [2.05, 4.69) is 21.7 Å². The average molecular weight is 208 g/mol. The summed E-state index contributed by atoms with van der Waals surface area (Å²) < 4.78 is 2.27. The summed E-state index contributed by atoms with van der Waals surface area (Å²) in [7, 11) is 0. The van der Waals surface area contributed by atoms with E-state index in [1.54, 1.807) is 0 Å². The third-order valence-electron chi connectivity index (χ3n) is 3.35. The topological polar surface area (TPSA) is 56.7 Å². The molecule has 1 saturated carbocycles. The number of nitrogens with two attached hydrogens (primary N) is 1. The van der Waals surface area contributed by atoms with Crippen LogP contribution in [0.25, 0.3) is 0 Å². The highest BCUT2D eigenvalue weighted by atomic mass is 15.3. The summed E-state index contributed by atoms with van der Waals surface area (Å²) in [5.41, 5.74) is 6.05. The van der Waals surface area contributed by atoms with Crippen LogP contribution in [0.15, 0.2) is 0 Å². The molecule has 84 valence electrons. The van der Waals surface area contributed by atoms with Gasteiger partial charge in [0.2, 0.25) is 0 Å². The molecule has 0 aliphatic heterocycles. The lowest BCUT2D eigenvalue weighted by Gasteiger charge is -2.18. The highest BCUT2D eigenvalue weighted by Crippen LogP contribution is 2.32. The zero-order chi connectivity index (χ0) is 10.8. The van der Waals surface area contributed by atoms with Gasteiger partial charge in [-0.25, -0.2) is 0 Å². The summed E-state index contributed by atoms with van der Waals surface area (Å²) in [4.78, 5) is 0. The Morgan fingerprint density at radius 2 is 2.07 bits per heavy atom. The average Bonchev–Trinajstić information content (AvgIpc) is 2.85. The van der Waals surface area contributed by atoms with Gasteiger partial charge in [-0.1, -0.05) is 19.8 Å². The molecule has 0 unspecified atom stereocenters. The zero-order valence-electron chi connectivity index (χ0n) is 9.61. The predicted molar refractivity (Wildman–Crippen MR) is 59.5 cm³/mol. The molecule has 2 N–H and O–H groups in total. The Bertz CT molecular complexity index is 325. The Morgan fingerprint density at radius 1 is 1.40 bits per heavy atom. The second-order valence-electron chi connectivity index (χ2n) is 4.43. The molecule has 4 heteroatoms. The number of aromatic nitrogens is 3. The number of hydrogen-bond acceptors (Lipinski definition) is 3. The van der Waals surface area contributed by atoms with Crippen molar-refractivity contribution in [1.82, 2.24) is 14.8 Å². The summed E-state index contributed by atoms with van der Waals surface area (Å²) >= 11 is 0. The molecule has 1 atom stereocenters. The summed E-state index contributed by atoms with van der Waals surface area (Å²) in [6.07, 6.45) is 6.07. The van der Waals surface area contributed by atoms with E-state index in [4.69, 9.17) is 5.73 Å². The molecule has 1 heterocycles. The molecule has 0 amide bonds. The summed E-state index contributed by atoms with van der Waals surface area (Å²) in [5, 5.41) is 8.38. The van der Waals surface area contributed by atoms with Crippen molar-refractivity contribution in [2.24, 2.45) is 5.73 Å². The molecular formula is C11H20N4. The van der Waals surface area contributed by atoms with Gasteiger partial charge in [0, 0.05) is 6.04 Å². The molecule has 0 spiro atoms. The van der Waals surface area contributed by atoms with Crippen LogP contribution in [-0.2, 0) is 0 Å². The number of nitrogens with zero attached hydrogens (tertiary/aromatic N) is 3. The van der Waals surface area contributed by atoms with Crippen molar-refractivity contribution in [1.29, 1.82) is 0 Å². The van der Waals surface area contributed by atoms with Crippen molar-refractivity contribution >= 4 is 0 Å². The van der Waals surface area contributed by atoms with Crippen LogP contribution < -0.4 is 5.73 Å². The van der Waals surface area contributed by atoms with Crippen molar-refractivity contribution in [3.8, 4) is 0 Å². The van der Waals surface area contributed by atoms with Crippen LogP contribution in [0.4, 0.5) is 0 Å². The number of hydrogen-bond donors (Lipinski definition) is 1. The van der Waals surface area contributed by atoms with Crippen LogP contribution in [0.1, 0.15) is 62.8 Å². The molecule has 4 nitrogen and oxygen atoms in total. The van der Waals surface area contributed by atoms with Gasteiger partial charge in [0.1, 0.15) is 11.6 Å². The molecule has 0 bridgehead atoms. The van der Waals surface area contributed by atoms with E-state index in [0.717, 1.165) is 18.1 Å². The molecule has 0 saturated heterocycles. The Kier molecular flexibility index (Phi) is 3.05. The van der Waals surface area contributed by atoms with Crippen LogP contribution in [0.3, 0.4) is 0 Å². The minimum atomic E-state index is 0.0341. The van der Waals surface area contributed by atoms with Gasteiger partial charge in [-0.05, 0) is 26.2 Å². The molecule has 1 aromatic rings. The van der Waals surface area contributed by atoms with Crippen LogP contribution in [-0.4, -0.2) is 14.8 Å². The van der Waals surface area contributed by atoms with Crippen LogP contribution in [0, 0.1) is 6.92 Å². The first-order chi connectivity index (χ1) is 7.24. The molecule has 0 aromatic carbocycles. The standard InChI is InChI=1S/C11H20N4/c1-3-10(12)11-14-13-8(2)15(11)9-6-4-5-7-9/h9-10H,3-7,12H2,1-2H3/t10-/m0/s1. The van der Waals surface area contributed by atoms with E-state index in [0.29, 0.717) is 6.04 Å². The SMILES string of the molecule is CC[C@H](N)c1nnc(C)n1C1CCCC1. The highest BCUT2D eigenvalue weighted by Gasteiger charge is 2.24. The fourth-order valence-electron chi connectivity index (χ4n) is 2.43. The Balaban J connectivity index is 2.30. The minimum Gasteiger partial charge on any atom is -0.321 e. The Morgan fingerprint density at radius 3 is 2.67 bits per heavy atom. The van der Waals surface area contributed by atoms with E-state index in [9.17, 15) is 0 Å².